The molecule has 1 heterocycles. The third-order valence-corrected chi connectivity index (χ3v) is 3.46. The molecule has 1 aromatic carbocycles. The molecule has 0 aromatic heterocycles. The second-order valence-corrected chi connectivity index (χ2v) is 4.84. The van der Waals surface area contributed by atoms with E-state index in [4.69, 9.17) is 16.3 Å². The van der Waals surface area contributed by atoms with Crippen molar-refractivity contribution in [2.24, 2.45) is 5.92 Å². The van der Waals surface area contributed by atoms with Gasteiger partial charge < -0.3 is 10.1 Å². The number of ether oxygens (including phenoxy) is 1. The van der Waals surface area contributed by atoms with Crippen molar-refractivity contribution in [3.05, 3.63) is 34.6 Å². The summed E-state index contributed by atoms with van der Waals surface area (Å²) in [6.45, 7) is 3.41. The first kappa shape index (κ1) is 12.8. The van der Waals surface area contributed by atoms with Crippen LogP contribution in [-0.4, -0.2) is 19.7 Å². The first-order chi connectivity index (χ1) is 8.25. The maximum atomic E-state index is 12.8. The van der Waals surface area contributed by atoms with E-state index in [-0.39, 0.29) is 5.82 Å². The van der Waals surface area contributed by atoms with Crippen molar-refractivity contribution in [1.29, 1.82) is 0 Å². The summed E-state index contributed by atoms with van der Waals surface area (Å²) >= 11 is 5.91. The van der Waals surface area contributed by atoms with E-state index in [0.29, 0.717) is 11.6 Å². The van der Waals surface area contributed by atoms with Gasteiger partial charge in [-0.15, -0.1) is 0 Å². The van der Waals surface area contributed by atoms with Gasteiger partial charge in [0, 0.05) is 11.6 Å². The Balaban J connectivity index is 1.70. The van der Waals surface area contributed by atoms with Gasteiger partial charge in [-0.2, -0.15) is 0 Å². The molecule has 1 saturated heterocycles. The first-order valence-corrected chi connectivity index (χ1v) is 6.36. The van der Waals surface area contributed by atoms with Gasteiger partial charge in [-0.25, -0.2) is 4.39 Å². The van der Waals surface area contributed by atoms with Crippen molar-refractivity contribution >= 4 is 11.6 Å². The van der Waals surface area contributed by atoms with Crippen LogP contribution in [0.4, 0.5) is 4.39 Å². The minimum absolute atomic E-state index is 0.309. The molecule has 0 saturated carbocycles. The molecular formula is C13H17ClFNO. The van der Waals surface area contributed by atoms with E-state index < -0.39 is 0 Å². The van der Waals surface area contributed by atoms with Gasteiger partial charge in [-0.3, -0.25) is 0 Å². The van der Waals surface area contributed by atoms with Crippen LogP contribution in [0, 0.1) is 11.7 Å². The SMILES string of the molecule is Fc1ccc(COCCC2CCNC2)c(Cl)c1. The van der Waals surface area contributed by atoms with Gasteiger partial charge in [0.15, 0.2) is 0 Å². The molecule has 0 bridgehead atoms. The fraction of sp³-hybridized carbons (Fsp3) is 0.538. The van der Waals surface area contributed by atoms with Crippen molar-refractivity contribution in [2.75, 3.05) is 19.7 Å². The molecule has 4 heteroatoms. The standard InChI is InChI=1S/C13H17ClFNO/c14-13-7-12(15)2-1-11(13)9-17-6-4-10-3-5-16-8-10/h1-2,7,10,16H,3-6,8-9H2. The molecule has 1 fully saturated rings. The van der Waals surface area contributed by atoms with Gasteiger partial charge in [0.25, 0.3) is 0 Å². The van der Waals surface area contributed by atoms with Crippen molar-refractivity contribution in [1.82, 2.24) is 5.32 Å². The van der Waals surface area contributed by atoms with Crippen LogP contribution >= 0.6 is 11.6 Å². The van der Waals surface area contributed by atoms with E-state index in [2.05, 4.69) is 5.32 Å². The molecule has 1 aromatic rings. The van der Waals surface area contributed by atoms with Gasteiger partial charge in [-0.05, 0) is 49.5 Å². The summed E-state index contributed by atoms with van der Waals surface area (Å²) in [5.41, 5.74) is 0.845. The van der Waals surface area contributed by atoms with E-state index in [1.54, 1.807) is 6.07 Å². The third kappa shape index (κ3) is 3.95. The van der Waals surface area contributed by atoms with Crippen LogP contribution in [0.15, 0.2) is 18.2 Å². The highest BCUT2D eigenvalue weighted by molar-refractivity contribution is 6.31. The Labute approximate surface area is 106 Å². The minimum atomic E-state index is -0.309. The Hall–Kier alpha value is -0.640. The maximum Gasteiger partial charge on any atom is 0.124 e. The number of hydrogen-bond acceptors (Lipinski definition) is 2. The van der Waals surface area contributed by atoms with Crippen LogP contribution in [0.5, 0.6) is 0 Å². The van der Waals surface area contributed by atoms with Crippen LogP contribution < -0.4 is 5.32 Å². The Morgan fingerprint density at radius 1 is 1.47 bits per heavy atom. The quantitative estimate of drug-likeness (QED) is 0.819. The Bertz CT molecular complexity index is 366. The van der Waals surface area contributed by atoms with E-state index in [1.165, 1.54) is 18.6 Å². The van der Waals surface area contributed by atoms with Crippen LogP contribution in [0.3, 0.4) is 0 Å². The fourth-order valence-electron chi connectivity index (χ4n) is 2.03. The number of halogens is 2. The minimum Gasteiger partial charge on any atom is -0.377 e. The summed E-state index contributed by atoms with van der Waals surface area (Å²) in [7, 11) is 0. The average molecular weight is 258 g/mol. The Kier molecular flexibility index (Phi) is 4.77. The molecule has 1 N–H and O–H groups in total. The lowest BCUT2D eigenvalue weighted by molar-refractivity contribution is 0.109. The lowest BCUT2D eigenvalue weighted by Gasteiger charge is -2.09. The lowest BCUT2D eigenvalue weighted by atomic mass is 10.1. The molecule has 1 aliphatic heterocycles. The van der Waals surface area contributed by atoms with Crippen LogP contribution in [-0.2, 0) is 11.3 Å². The third-order valence-electron chi connectivity index (χ3n) is 3.11. The molecular weight excluding hydrogens is 241 g/mol. The van der Waals surface area contributed by atoms with Crippen molar-refractivity contribution in [3.63, 3.8) is 0 Å². The first-order valence-electron chi connectivity index (χ1n) is 5.98. The highest BCUT2D eigenvalue weighted by Gasteiger charge is 2.13. The molecule has 1 unspecified atom stereocenters. The summed E-state index contributed by atoms with van der Waals surface area (Å²) in [6, 6.07) is 4.40. The number of benzene rings is 1. The molecule has 1 aliphatic rings. The van der Waals surface area contributed by atoms with Crippen molar-refractivity contribution in [2.45, 2.75) is 19.4 Å². The highest BCUT2D eigenvalue weighted by Crippen LogP contribution is 2.18. The molecule has 0 amide bonds. The summed E-state index contributed by atoms with van der Waals surface area (Å²) in [5.74, 6) is 0.425. The zero-order valence-electron chi connectivity index (χ0n) is 9.72. The van der Waals surface area contributed by atoms with Crippen molar-refractivity contribution < 1.29 is 9.13 Å². The Morgan fingerprint density at radius 2 is 2.35 bits per heavy atom. The normalized spacial score (nSPS) is 19.8. The number of rotatable bonds is 5. The molecule has 2 nitrogen and oxygen atoms in total. The van der Waals surface area contributed by atoms with Gasteiger partial charge in [0.05, 0.1) is 6.61 Å². The smallest absolute Gasteiger partial charge is 0.124 e. The highest BCUT2D eigenvalue weighted by atomic mass is 35.5. The summed E-state index contributed by atoms with van der Waals surface area (Å²) in [5, 5.41) is 3.77. The molecule has 1 atom stereocenters. The van der Waals surface area contributed by atoms with E-state index in [9.17, 15) is 4.39 Å². The molecule has 0 aliphatic carbocycles. The number of nitrogens with one attached hydrogen (secondary N) is 1. The van der Waals surface area contributed by atoms with Gasteiger partial charge in [0.2, 0.25) is 0 Å². The van der Waals surface area contributed by atoms with Crippen LogP contribution in [0.2, 0.25) is 5.02 Å². The van der Waals surface area contributed by atoms with E-state index in [1.807, 2.05) is 0 Å². The van der Waals surface area contributed by atoms with Crippen molar-refractivity contribution in [3.8, 4) is 0 Å². The predicted octanol–water partition coefficient (Wildman–Crippen LogP) is 3.00. The van der Waals surface area contributed by atoms with Gasteiger partial charge >= 0.3 is 0 Å². The Morgan fingerprint density at radius 3 is 3.06 bits per heavy atom. The molecule has 94 valence electrons. The predicted molar refractivity (Wildman–Crippen MR) is 66.7 cm³/mol. The summed E-state index contributed by atoms with van der Waals surface area (Å²) in [6.07, 6.45) is 2.31. The summed E-state index contributed by atoms with van der Waals surface area (Å²) < 4.78 is 18.4. The second-order valence-electron chi connectivity index (χ2n) is 4.44. The zero-order valence-corrected chi connectivity index (χ0v) is 10.5. The monoisotopic (exact) mass is 257 g/mol. The molecule has 17 heavy (non-hydrogen) atoms. The second kappa shape index (κ2) is 6.34. The van der Waals surface area contributed by atoms with Gasteiger partial charge in [-0.1, -0.05) is 17.7 Å². The van der Waals surface area contributed by atoms with E-state index >= 15 is 0 Å². The molecule has 0 radical (unpaired) electrons. The van der Waals surface area contributed by atoms with E-state index in [0.717, 1.165) is 37.6 Å². The van der Waals surface area contributed by atoms with Gasteiger partial charge in [0.1, 0.15) is 5.82 Å². The molecule has 2 rings (SSSR count). The summed E-state index contributed by atoms with van der Waals surface area (Å²) in [4.78, 5) is 0. The maximum absolute atomic E-state index is 12.8. The lowest BCUT2D eigenvalue weighted by Crippen LogP contribution is -2.10. The number of hydrogen-bond donors (Lipinski definition) is 1. The fourth-order valence-corrected chi connectivity index (χ4v) is 2.25. The largest absolute Gasteiger partial charge is 0.377 e. The molecule has 0 spiro atoms. The topological polar surface area (TPSA) is 21.3 Å². The van der Waals surface area contributed by atoms with Crippen LogP contribution in [0.1, 0.15) is 18.4 Å². The average Bonchev–Trinajstić information content (AvgIpc) is 2.79. The van der Waals surface area contributed by atoms with Crippen LogP contribution in [0.25, 0.3) is 0 Å². The zero-order chi connectivity index (χ0) is 12.1.